The molecule has 0 spiro atoms. The van der Waals surface area contributed by atoms with Crippen molar-refractivity contribution in [1.29, 1.82) is 0 Å². The Kier molecular flexibility index (Phi) is 7.31. The molecule has 8 heteroatoms. The van der Waals surface area contributed by atoms with E-state index in [0.717, 1.165) is 28.5 Å². The molecule has 1 aliphatic rings. The quantitative estimate of drug-likeness (QED) is 0.425. The van der Waals surface area contributed by atoms with Crippen molar-refractivity contribution >= 4 is 22.9 Å². The summed E-state index contributed by atoms with van der Waals surface area (Å²) < 4.78 is 21.8. The van der Waals surface area contributed by atoms with E-state index in [1.165, 1.54) is 12.1 Å². The number of ether oxygens (including phenoxy) is 1. The van der Waals surface area contributed by atoms with Gasteiger partial charge in [0.15, 0.2) is 0 Å². The van der Waals surface area contributed by atoms with Crippen molar-refractivity contribution in [3.63, 3.8) is 0 Å². The number of likely N-dealkylation sites (tertiary alicyclic amines) is 1. The Bertz CT molecular complexity index is 1320. The van der Waals surface area contributed by atoms with Gasteiger partial charge >= 0.3 is 6.09 Å². The number of aromatic nitrogens is 2. The number of rotatable bonds is 6. The molecule has 2 aromatic heterocycles. The second-order valence-corrected chi connectivity index (χ2v) is 11.2. The Balaban J connectivity index is 1.69. The number of hydrogen-bond acceptors (Lipinski definition) is 4. The number of hydrogen-bond donors (Lipinski definition) is 0. The Hall–Kier alpha value is -3.42. The summed E-state index contributed by atoms with van der Waals surface area (Å²) in [6, 6.07) is 4.36. The van der Waals surface area contributed by atoms with Crippen molar-refractivity contribution < 1.29 is 18.7 Å². The second-order valence-electron chi connectivity index (χ2n) is 11.2. The number of carbonyl (C=O) groups is 2. The minimum absolute atomic E-state index is 0.0129. The van der Waals surface area contributed by atoms with E-state index < -0.39 is 11.4 Å². The van der Waals surface area contributed by atoms with Crippen LogP contribution in [-0.2, 0) is 11.2 Å². The van der Waals surface area contributed by atoms with Gasteiger partial charge in [-0.25, -0.2) is 9.18 Å². The van der Waals surface area contributed by atoms with E-state index in [1.807, 2.05) is 65.4 Å². The lowest BCUT2D eigenvalue weighted by molar-refractivity contribution is -0.000848. The molecule has 0 aliphatic carbocycles. The maximum absolute atomic E-state index is 14.4. The molecule has 3 heterocycles. The maximum Gasteiger partial charge on any atom is 0.410 e. The molecule has 1 saturated heterocycles. The smallest absolute Gasteiger partial charge is 0.410 e. The van der Waals surface area contributed by atoms with Crippen molar-refractivity contribution in [3.05, 3.63) is 59.3 Å². The minimum atomic E-state index is -0.521. The van der Waals surface area contributed by atoms with Gasteiger partial charge in [-0.05, 0) is 90.1 Å². The summed E-state index contributed by atoms with van der Waals surface area (Å²) in [6.07, 6.45) is 6.14. The van der Waals surface area contributed by atoms with Crippen LogP contribution in [0, 0.1) is 18.7 Å². The molecule has 0 unspecified atom stereocenters. The lowest BCUT2D eigenvalue weighted by atomic mass is 9.92. The second kappa shape index (κ2) is 10.1. The topological polar surface area (TPSA) is 67.7 Å². The van der Waals surface area contributed by atoms with Crippen molar-refractivity contribution in [2.45, 2.75) is 66.5 Å². The summed E-state index contributed by atoms with van der Waals surface area (Å²) in [7, 11) is 0. The predicted octanol–water partition coefficient (Wildman–Crippen LogP) is 5.75. The largest absolute Gasteiger partial charge is 0.444 e. The highest BCUT2D eigenvalue weighted by atomic mass is 19.1. The number of pyridine rings is 1. The molecule has 0 radical (unpaired) electrons. The Morgan fingerprint density at radius 2 is 1.92 bits per heavy atom. The number of halogens is 1. The standard InChI is InChI=1S/C29H37FN4O3/c1-8-33(18(2)3)27(35)23-12-22(30)9-10-24(23)34-17-21(26-19(4)13-31-14-25(26)34)11-20-15-32(16-20)28(36)37-29(5,6)7/h9-10,12-14,17-18,20H,8,11,15-16H2,1-7H3. The van der Waals surface area contributed by atoms with Crippen LogP contribution in [0.1, 0.15) is 63.0 Å². The first kappa shape index (κ1) is 26.6. The van der Waals surface area contributed by atoms with Gasteiger partial charge in [-0.15, -0.1) is 0 Å². The van der Waals surface area contributed by atoms with Gasteiger partial charge < -0.3 is 19.1 Å². The molecule has 7 nitrogen and oxygen atoms in total. The molecule has 0 N–H and O–H groups in total. The van der Waals surface area contributed by atoms with Crippen molar-refractivity contribution in [2.75, 3.05) is 19.6 Å². The molecule has 2 amide bonds. The first-order valence-corrected chi connectivity index (χ1v) is 12.9. The third-order valence-corrected chi connectivity index (χ3v) is 6.77. The van der Waals surface area contributed by atoms with Gasteiger partial charge in [-0.1, -0.05) is 0 Å². The van der Waals surface area contributed by atoms with Gasteiger partial charge in [0.05, 0.1) is 23.0 Å². The number of aryl methyl sites for hydroxylation is 1. The molecule has 37 heavy (non-hydrogen) atoms. The van der Waals surface area contributed by atoms with Crippen LogP contribution < -0.4 is 0 Å². The summed E-state index contributed by atoms with van der Waals surface area (Å²) in [5.74, 6) is -0.359. The minimum Gasteiger partial charge on any atom is -0.444 e. The summed E-state index contributed by atoms with van der Waals surface area (Å²) in [5, 5.41) is 1.07. The zero-order chi connectivity index (χ0) is 27.1. The number of amides is 2. The molecular formula is C29H37FN4O3. The molecule has 0 saturated carbocycles. The molecule has 4 rings (SSSR count). The van der Waals surface area contributed by atoms with Gasteiger partial charge in [-0.2, -0.15) is 0 Å². The van der Waals surface area contributed by atoms with Crippen LogP contribution in [0.4, 0.5) is 9.18 Å². The van der Waals surface area contributed by atoms with Crippen LogP contribution in [0.3, 0.4) is 0 Å². The van der Waals surface area contributed by atoms with Crippen molar-refractivity contribution in [3.8, 4) is 5.69 Å². The molecule has 1 aromatic carbocycles. The van der Waals surface area contributed by atoms with Crippen LogP contribution in [-0.4, -0.2) is 62.6 Å². The monoisotopic (exact) mass is 508 g/mol. The van der Waals surface area contributed by atoms with Gasteiger partial charge in [0.2, 0.25) is 0 Å². The Morgan fingerprint density at radius 1 is 1.22 bits per heavy atom. The average Bonchev–Trinajstić information content (AvgIpc) is 3.14. The van der Waals surface area contributed by atoms with E-state index in [4.69, 9.17) is 4.74 Å². The summed E-state index contributed by atoms with van der Waals surface area (Å²) in [4.78, 5) is 33.7. The van der Waals surface area contributed by atoms with Crippen LogP contribution in [0.25, 0.3) is 16.6 Å². The van der Waals surface area contributed by atoms with Crippen LogP contribution in [0.15, 0.2) is 36.8 Å². The Morgan fingerprint density at radius 3 is 2.54 bits per heavy atom. The van der Waals surface area contributed by atoms with E-state index >= 15 is 0 Å². The highest BCUT2D eigenvalue weighted by molar-refractivity contribution is 5.99. The molecule has 0 bridgehead atoms. The lowest BCUT2D eigenvalue weighted by Gasteiger charge is -2.39. The fourth-order valence-corrected chi connectivity index (χ4v) is 5.07. The number of benzene rings is 1. The fraction of sp³-hybridized carbons (Fsp3) is 0.483. The number of nitrogens with zero attached hydrogens (tertiary/aromatic N) is 4. The zero-order valence-corrected chi connectivity index (χ0v) is 22.8. The van der Waals surface area contributed by atoms with Gasteiger partial charge in [0.1, 0.15) is 11.4 Å². The molecule has 1 fully saturated rings. The highest BCUT2D eigenvalue weighted by Gasteiger charge is 2.34. The number of fused-ring (bicyclic) bond motifs is 1. The van der Waals surface area contributed by atoms with Crippen molar-refractivity contribution in [1.82, 2.24) is 19.4 Å². The van der Waals surface area contributed by atoms with E-state index in [-0.39, 0.29) is 18.0 Å². The SMILES string of the molecule is CCN(C(=O)c1cc(F)ccc1-n1cc(CC2CN(C(=O)OC(C)(C)C)C2)c2c(C)cncc21)C(C)C. The third kappa shape index (κ3) is 5.48. The average molecular weight is 509 g/mol. The molecular weight excluding hydrogens is 471 g/mol. The van der Waals surface area contributed by atoms with Gasteiger partial charge in [0, 0.05) is 43.5 Å². The normalized spacial score (nSPS) is 14.2. The van der Waals surface area contributed by atoms with Crippen molar-refractivity contribution in [2.24, 2.45) is 5.92 Å². The van der Waals surface area contributed by atoms with Crippen LogP contribution in [0.2, 0.25) is 0 Å². The zero-order valence-electron chi connectivity index (χ0n) is 22.8. The summed E-state index contributed by atoms with van der Waals surface area (Å²) >= 11 is 0. The van der Waals surface area contributed by atoms with E-state index in [1.54, 1.807) is 22.1 Å². The lowest BCUT2D eigenvalue weighted by Crippen LogP contribution is -2.52. The van der Waals surface area contributed by atoms with E-state index in [9.17, 15) is 14.0 Å². The molecule has 0 atom stereocenters. The van der Waals surface area contributed by atoms with Crippen LogP contribution in [0.5, 0.6) is 0 Å². The maximum atomic E-state index is 14.4. The fourth-order valence-electron chi connectivity index (χ4n) is 5.07. The van der Waals surface area contributed by atoms with E-state index in [2.05, 4.69) is 4.98 Å². The molecule has 198 valence electrons. The van der Waals surface area contributed by atoms with Crippen LogP contribution >= 0.6 is 0 Å². The summed E-state index contributed by atoms with van der Waals surface area (Å²) in [5.41, 5.74) is 3.43. The molecule has 3 aromatic rings. The number of carbonyl (C=O) groups excluding carboxylic acids is 2. The third-order valence-electron chi connectivity index (χ3n) is 6.77. The Labute approximate surface area is 218 Å². The predicted molar refractivity (Wildman–Crippen MR) is 143 cm³/mol. The first-order valence-electron chi connectivity index (χ1n) is 12.9. The summed E-state index contributed by atoms with van der Waals surface area (Å²) in [6.45, 7) is 15.2. The van der Waals surface area contributed by atoms with Gasteiger partial charge in [0.25, 0.3) is 5.91 Å². The molecule has 1 aliphatic heterocycles. The first-order chi connectivity index (χ1) is 17.4. The van der Waals surface area contributed by atoms with E-state index in [0.29, 0.717) is 36.8 Å². The highest BCUT2D eigenvalue weighted by Crippen LogP contribution is 2.33. The van der Waals surface area contributed by atoms with Gasteiger partial charge in [-0.3, -0.25) is 9.78 Å².